The molecule has 0 aliphatic carbocycles. The lowest BCUT2D eigenvalue weighted by Crippen LogP contribution is -1.97. The van der Waals surface area contributed by atoms with E-state index in [0.29, 0.717) is 13.0 Å². The largest absolute Gasteiger partial charge is 0.481 e. The third kappa shape index (κ3) is 4.30. The summed E-state index contributed by atoms with van der Waals surface area (Å²) in [4.78, 5) is 10.4. The zero-order valence-corrected chi connectivity index (χ0v) is 8.36. The third-order valence-corrected chi connectivity index (χ3v) is 1.89. The summed E-state index contributed by atoms with van der Waals surface area (Å²) in [5, 5.41) is 8.54. The summed E-state index contributed by atoms with van der Waals surface area (Å²) in [6.07, 6.45) is 0.682. The molecule has 1 rings (SSSR count). The average Bonchev–Trinajstić information content (AvgIpc) is 2.24. The Kier molecular flexibility index (Phi) is 4.39. The van der Waals surface area contributed by atoms with Crippen molar-refractivity contribution in [1.82, 2.24) is 0 Å². The van der Waals surface area contributed by atoms with E-state index in [-0.39, 0.29) is 6.42 Å². The SMILES string of the molecule is NCC#Cc1cccc(CCC(=O)O)c1. The van der Waals surface area contributed by atoms with Crippen LogP contribution in [-0.4, -0.2) is 17.6 Å². The molecule has 0 amide bonds. The van der Waals surface area contributed by atoms with Crippen molar-refractivity contribution in [2.45, 2.75) is 12.8 Å². The van der Waals surface area contributed by atoms with Crippen molar-refractivity contribution in [3.63, 3.8) is 0 Å². The van der Waals surface area contributed by atoms with Crippen molar-refractivity contribution >= 4 is 5.97 Å². The van der Waals surface area contributed by atoms with Crippen molar-refractivity contribution in [3.8, 4) is 11.8 Å². The first-order chi connectivity index (χ1) is 7.22. The maximum absolute atomic E-state index is 10.4. The van der Waals surface area contributed by atoms with Crippen LogP contribution in [0.4, 0.5) is 0 Å². The van der Waals surface area contributed by atoms with E-state index in [0.717, 1.165) is 11.1 Å². The first kappa shape index (κ1) is 11.3. The molecule has 3 nitrogen and oxygen atoms in total. The molecule has 3 N–H and O–H groups in total. The standard InChI is InChI=1S/C12H13NO2/c13-8-2-5-10-3-1-4-11(9-10)6-7-12(14)15/h1,3-4,9H,6-8,13H2,(H,14,15). The van der Waals surface area contributed by atoms with Crippen molar-refractivity contribution in [1.29, 1.82) is 0 Å². The molecular weight excluding hydrogens is 190 g/mol. The Morgan fingerprint density at radius 2 is 2.27 bits per heavy atom. The zero-order valence-electron chi connectivity index (χ0n) is 8.36. The van der Waals surface area contributed by atoms with Gasteiger partial charge in [-0.05, 0) is 24.1 Å². The van der Waals surface area contributed by atoms with Crippen molar-refractivity contribution in [2.24, 2.45) is 5.73 Å². The predicted molar refractivity (Wildman–Crippen MR) is 58.3 cm³/mol. The fourth-order valence-electron chi connectivity index (χ4n) is 1.21. The first-order valence-corrected chi connectivity index (χ1v) is 4.72. The lowest BCUT2D eigenvalue weighted by Gasteiger charge is -1.98. The first-order valence-electron chi connectivity index (χ1n) is 4.72. The lowest BCUT2D eigenvalue weighted by molar-refractivity contribution is -0.136. The molecule has 0 unspecified atom stereocenters. The molecule has 3 heteroatoms. The van der Waals surface area contributed by atoms with E-state index in [1.165, 1.54) is 0 Å². The Morgan fingerprint density at radius 3 is 2.93 bits per heavy atom. The zero-order chi connectivity index (χ0) is 11.1. The van der Waals surface area contributed by atoms with Gasteiger partial charge in [-0.15, -0.1) is 0 Å². The van der Waals surface area contributed by atoms with Crippen LogP contribution in [0.3, 0.4) is 0 Å². The Bertz CT molecular complexity index is 402. The van der Waals surface area contributed by atoms with E-state index < -0.39 is 5.97 Å². The van der Waals surface area contributed by atoms with Crippen LogP contribution in [0, 0.1) is 11.8 Å². The number of hydrogen-bond donors (Lipinski definition) is 2. The number of benzene rings is 1. The molecule has 0 bridgehead atoms. The average molecular weight is 203 g/mol. The van der Waals surface area contributed by atoms with Gasteiger partial charge in [-0.3, -0.25) is 4.79 Å². The molecule has 0 fully saturated rings. The van der Waals surface area contributed by atoms with Gasteiger partial charge in [0.15, 0.2) is 0 Å². The summed E-state index contributed by atoms with van der Waals surface area (Å²) >= 11 is 0. The van der Waals surface area contributed by atoms with E-state index in [9.17, 15) is 4.79 Å². The fraction of sp³-hybridized carbons (Fsp3) is 0.250. The normalized spacial score (nSPS) is 9.13. The van der Waals surface area contributed by atoms with E-state index in [2.05, 4.69) is 11.8 Å². The summed E-state index contributed by atoms with van der Waals surface area (Å²) in [6.45, 7) is 0.333. The van der Waals surface area contributed by atoms with Gasteiger partial charge in [0.25, 0.3) is 0 Å². The number of nitrogens with two attached hydrogens (primary N) is 1. The molecule has 0 aliphatic rings. The minimum absolute atomic E-state index is 0.147. The number of aryl methyl sites for hydroxylation is 1. The maximum atomic E-state index is 10.4. The van der Waals surface area contributed by atoms with Gasteiger partial charge < -0.3 is 10.8 Å². The quantitative estimate of drug-likeness (QED) is 0.721. The number of hydrogen-bond acceptors (Lipinski definition) is 2. The predicted octanol–water partition coefficient (Wildman–Crippen LogP) is 1.01. The van der Waals surface area contributed by atoms with Crippen LogP contribution in [0.15, 0.2) is 24.3 Å². The van der Waals surface area contributed by atoms with Gasteiger partial charge in [-0.1, -0.05) is 24.0 Å². The number of carboxylic acid groups (broad SMARTS) is 1. The second-order valence-corrected chi connectivity index (χ2v) is 3.10. The molecule has 0 aliphatic heterocycles. The Hall–Kier alpha value is -1.79. The second kappa shape index (κ2) is 5.84. The van der Waals surface area contributed by atoms with Crippen molar-refractivity contribution in [2.75, 3.05) is 6.54 Å². The van der Waals surface area contributed by atoms with Crippen LogP contribution in [0.2, 0.25) is 0 Å². The van der Waals surface area contributed by atoms with Gasteiger partial charge >= 0.3 is 5.97 Å². The van der Waals surface area contributed by atoms with Crippen LogP contribution in [0.5, 0.6) is 0 Å². The van der Waals surface area contributed by atoms with Crippen molar-refractivity contribution in [3.05, 3.63) is 35.4 Å². The number of aliphatic carboxylic acids is 1. The second-order valence-electron chi connectivity index (χ2n) is 3.10. The van der Waals surface area contributed by atoms with E-state index in [1.54, 1.807) is 0 Å². The monoisotopic (exact) mass is 203 g/mol. The fourth-order valence-corrected chi connectivity index (χ4v) is 1.21. The summed E-state index contributed by atoms with van der Waals surface area (Å²) < 4.78 is 0. The minimum atomic E-state index is -0.784. The lowest BCUT2D eigenvalue weighted by atomic mass is 10.1. The highest BCUT2D eigenvalue weighted by atomic mass is 16.4. The Labute approximate surface area is 88.9 Å². The number of carbonyl (C=O) groups is 1. The van der Waals surface area contributed by atoms with E-state index in [4.69, 9.17) is 10.8 Å². The summed E-state index contributed by atoms with van der Waals surface area (Å²) in [6, 6.07) is 7.55. The molecule has 0 atom stereocenters. The van der Waals surface area contributed by atoms with Crippen LogP contribution >= 0.6 is 0 Å². The summed E-state index contributed by atoms with van der Waals surface area (Å²) in [5.74, 6) is 4.88. The van der Waals surface area contributed by atoms with Gasteiger partial charge in [0.2, 0.25) is 0 Å². The van der Waals surface area contributed by atoms with E-state index >= 15 is 0 Å². The topological polar surface area (TPSA) is 63.3 Å². The molecular formula is C12H13NO2. The molecule has 0 aromatic heterocycles. The molecule has 0 spiro atoms. The van der Waals surface area contributed by atoms with Gasteiger partial charge in [-0.25, -0.2) is 0 Å². The maximum Gasteiger partial charge on any atom is 0.303 e. The Morgan fingerprint density at radius 1 is 1.47 bits per heavy atom. The van der Waals surface area contributed by atoms with Crippen LogP contribution in [0.25, 0.3) is 0 Å². The molecule has 0 heterocycles. The van der Waals surface area contributed by atoms with Gasteiger partial charge in [0, 0.05) is 12.0 Å². The third-order valence-electron chi connectivity index (χ3n) is 1.89. The molecule has 1 aromatic carbocycles. The minimum Gasteiger partial charge on any atom is -0.481 e. The molecule has 1 aromatic rings. The molecule has 0 saturated carbocycles. The van der Waals surface area contributed by atoms with Gasteiger partial charge in [0.1, 0.15) is 0 Å². The smallest absolute Gasteiger partial charge is 0.303 e. The summed E-state index contributed by atoms with van der Waals surface area (Å²) in [5.41, 5.74) is 7.13. The van der Waals surface area contributed by atoms with Crippen LogP contribution in [0.1, 0.15) is 17.5 Å². The van der Waals surface area contributed by atoms with Crippen molar-refractivity contribution < 1.29 is 9.90 Å². The molecule has 0 saturated heterocycles. The number of rotatable bonds is 3. The highest BCUT2D eigenvalue weighted by Crippen LogP contribution is 2.06. The van der Waals surface area contributed by atoms with Gasteiger partial charge in [-0.2, -0.15) is 0 Å². The molecule has 15 heavy (non-hydrogen) atoms. The van der Waals surface area contributed by atoms with E-state index in [1.807, 2.05) is 24.3 Å². The van der Waals surface area contributed by atoms with Crippen LogP contribution < -0.4 is 5.73 Å². The summed E-state index contributed by atoms with van der Waals surface area (Å²) in [7, 11) is 0. The van der Waals surface area contributed by atoms with Crippen LogP contribution in [-0.2, 0) is 11.2 Å². The molecule has 0 radical (unpaired) electrons. The Balaban J connectivity index is 2.69. The number of carboxylic acids is 1. The van der Waals surface area contributed by atoms with Gasteiger partial charge in [0.05, 0.1) is 6.54 Å². The highest BCUT2D eigenvalue weighted by molar-refractivity contribution is 5.67. The molecule has 78 valence electrons. The highest BCUT2D eigenvalue weighted by Gasteiger charge is 1.99.